The Morgan fingerprint density at radius 1 is 1.33 bits per heavy atom. The van der Waals surface area contributed by atoms with Crippen molar-refractivity contribution in [1.82, 2.24) is 14.9 Å². The summed E-state index contributed by atoms with van der Waals surface area (Å²) in [6.45, 7) is 7.83. The van der Waals surface area contributed by atoms with Crippen molar-refractivity contribution in [2.24, 2.45) is 7.05 Å². The van der Waals surface area contributed by atoms with Gasteiger partial charge in [-0.15, -0.1) is 0 Å². The molecule has 2 aromatic rings. The normalized spacial score (nSPS) is 11.7. The molecule has 0 amide bonds. The van der Waals surface area contributed by atoms with E-state index < -0.39 is 0 Å². The number of ether oxygens (including phenoxy) is 1. The topological polar surface area (TPSA) is 39.1 Å². The Labute approximate surface area is 134 Å². The largest absolute Gasteiger partial charge is 0.486 e. The van der Waals surface area contributed by atoms with Gasteiger partial charge in [0.25, 0.3) is 0 Å². The third-order valence-corrected chi connectivity index (χ3v) is 3.73. The van der Waals surface area contributed by atoms with E-state index in [1.807, 2.05) is 23.9 Å². The summed E-state index contributed by atoms with van der Waals surface area (Å²) in [7, 11) is 1.96. The number of halogens is 1. The zero-order chi connectivity index (χ0) is 15.5. The monoisotopic (exact) mass is 351 g/mol. The van der Waals surface area contributed by atoms with Crippen LogP contribution in [-0.4, -0.2) is 15.1 Å². The van der Waals surface area contributed by atoms with E-state index in [0.29, 0.717) is 6.61 Å². The van der Waals surface area contributed by atoms with Crippen LogP contribution in [0, 0.1) is 0 Å². The molecule has 1 N–H and O–H groups in total. The zero-order valence-electron chi connectivity index (χ0n) is 13.0. The minimum Gasteiger partial charge on any atom is -0.486 e. The maximum Gasteiger partial charge on any atom is 0.134 e. The summed E-state index contributed by atoms with van der Waals surface area (Å²) in [6.07, 6.45) is 3.59. The minimum atomic E-state index is 0.112. The molecule has 0 saturated carbocycles. The van der Waals surface area contributed by atoms with Gasteiger partial charge in [0.05, 0.1) is 22.7 Å². The molecular formula is C16H22BrN3O. The van der Waals surface area contributed by atoms with Crippen molar-refractivity contribution in [1.29, 1.82) is 0 Å². The van der Waals surface area contributed by atoms with E-state index in [4.69, 9.17) is 4.74 Å². The molecule has 114 valence electrons. The lowest BCUT2D eigenvalue weighted by Gasteiger charge is -2.20. The summed E-state index contributed by atoms with van der Waals surface area (Å²) in [4.78, 5) is 4.08. The van der Waals surface area contributed by atoms with Gasteiger partial charge in [-0.2, -0.15) is 0 Å². The number of imidazole rings is 1. The number of hydrogen-bond donors (Lipinski definition) is 1. The summed E-state index contributed by atoms with van der Waals surface area (Å²) in [5, 5.41) is 3.47. The Morgan fingerprint density at radius 3 is 2.67 bits per heavy atom. The van der Waals surface area contributed by atoms with Crippen molar-refractivity contribution >= 4 is 15.9 Å². The zero-order valence-corrected chi connectivity index (χ0v) is 14.6. The van der Waals surface area contributed by atoms with E-state index in [1.54, 1.807) is 6.33 Å². The second kappa shape index (κ2) is 6.62. The molecule has 0 bridgehead atoms. The number of aryl methyl sites for hydroxylation is 1. The quantitative estimate of drug-likeness (QED) is 0.893. The van der Waals surface area contributed by atoms with Gasteiger partial charge in [-0.25, -0.2) is 4.98 Å². The van der Waals surface area contributed by atoms with Crippen molar-refractivity contribution in [2.75, 3.05) is 0 Å². The molecule has 5 heteroatoms. The molecule has 0 spiro atoms. The second-order valence-electron chi connectivity index (χ2n) is 6.15. The van der Waals surface area contributed by atoms with Crippen molar-refractivity contribution in [3.8, 4) is 5.75 Å². The molecule has 1 aromatic carbocycles. The fourth-order valence-electron chi connectivity index (χ4n) is 1.81. The summed E-state index contributed by atoms with van der Waals surface area (Å²) < 4.78 is 8.76. The van der Waals surface area contributed by atoms with Gasteiger partial charge in [-0.1, -0.05) is 6.07 Å². The summed E-state index contributed by atoms with van der Waals surface area (Å²) >= 11 is 3.58. The highest BCUT2D eigenvalue weighted by Crippen LogP contribution is 2.27. The van der Waals surface area contributed by atoms with Crippen LogP contribution in [0.3, 0.4) is 0 Å². The molecule has 0 aliphatic heterocycles. The van der Waals surface area contributed by atoms with Crippen molar-refractivity contribution in [3.05, 3.63) is 46.5 Å². The van der Waals surface area contributed by atoms with Crippen molar-refractivity contribution < 1.29 is 4.74 Å². The highest BCUT2D eigenvalue weighted by Gasteiger charge is 2.10. The van der Waals surface area contributed by atoms with Crippen LogP contribution in [0.1, 0.15) is 32.0 Å². The summed E-state index contributed by atoms with van der Waals surface area (Å²) in [6, 6.07) is 6.18. The van der Waals surface area contributed by atoms with Crippen LogP contribution in [-0.2, 0) is 20.2 Å². The Morgan fingerprint density at radius 2 is 2.10 bits per heavy atom. The SMILES string of the molecule is Cn1cncc1COc1ccc(CNC(C)(C)C)cc1Br. The Bertz CT molecular complexity index is 602. The summed E-state index contributed by atoms with van der Waals surface area (Å²) in [5.74, 6) is 0.843. The molecule has 1 aromatic heterocycles. The fraction of sp³-hybridized carbons (Fsp3) is 0.438. The van der Waals surface area contributed by atoms with E-state index in [9.17, 15) is 0 Å². The van der Waals surface area contributed by atoms with E-state index in [0.717, 1.165) is 22.5 Å². The van der Waals surface area contributed by atoms with Crippen molar-refractivity contribution in [2.45, 2.75) is 39.5 Å². The smallest absolute Gasteiger partial charge is 0.134 e. The fourth-order valence-corrected chi connectivity index (χ4v) is 2.35. The van der Waals surface area contributed by atoms with E-state index in [-0.39, 0.29) is 5.54 Å². The lowest BCUT2D eigenvalue weighted by molar-refractivity contribution is 0.295. The third kappa shape index (κ3) is 4.86. The molecule has 0 unspecified atom stereocenters. The Hall–Kier alpha value is -1.33. The van der Waals surface area contributed by atoms with Crippen molar-refractivity contribution in [3.63, 3.8) is 0 Å². The predicted octanol–water partition coefficient (Wildman–Crippen LogP) is 3.65. The molecule has 21 heavy (non-hydrogen) atoms. The average molecular weight is 352 g/mol. The van der Waals surface area contributed by atoms with E-state index >= 15 is 0 Å². The van der Waals surface area contributed by atoms with E-state index in [1.165, 1.54) is 5.56 Å². The second-order valence-corrected chi connectivity index (χ2v) is 7.01. The number of hydrogen-bond acceptors (Lipinski definition) is 3. The molecule has 0 saturated heterocycles. The highest BCUT2D eigenvalue weighted by molar-refractivity contribution is 9.10. The predicted molar refractivity (Wildman–Crippen MR) is 88.3 cm³/mol. The van der Waals surface area contributed by atoms with Crippen LogP contribution >= 0.6 is 15.9 Å². The van der Waals surface area contributed by atoms with Crippen LogP contribution < -0.4 is 10.1 Å². The lowest BCUT2D eigenvalue weighted by Crippen LogP contribution is -2.35. The minimum absolute atomic E-state index is 0.112. The summed E-state index contributed by atoms with van der Waals surface area (Å²) in [5.41, 5.74) is 2.38. The van der Waals surface area contributed by atoms with Crippen LogP contribution in [0.5, 0.6) is 5.75 Å². The molecule has 0 radical (unpaired) electrons. The van der Waals surface area contributed by atoms with E-state index in [2.05, 4.69) is 59.1 Å². The van der Waals surface area contributed by atoms with Gasteiger partial charge < -0.3 is 14.6 Å². The first-order valence-corrected chi connectivity index (χ1v) is 7.76. The van der Waals surface area contributed by atoms with Crippen LogP contribution in [0.25, 0.3) is 0 Å². The molecule has 1 heterocycles. The van der Waals surface area contributed by atoms with Crippen LogP contribution in [0.2, 0.25) is 0 Å². The highest BCUT2D eigenvalue weighted by atomic mass is 79.9. The number of nitrogens with one attached hydrogen (secondary N) is 1. The molecule has 0 aliphatic carbocycles. The molecule has 4 nitrogen and oxygen atoms in total. The van der Waals surface area contributed by atoms with Crippen LogP contribution in [0.4, 0.5) is 0 Å². The Balaban J connectivity index is 1.97. The first kappa shape index (κ1) is 16.0. The first-order valence-electron chi connectivity index (χ1n) is 6.96. The van der Waals surface area contributed by atoms with Gasteiger partial charge in [0.1, 0.15) is 12.4 Å². The Kier molecular flexibility index (Phi) is 5.06. The van der Waals surface area contributed by atoms with Gasteiger partial charge in [0.15, 0.2) is 0 Å². The molecular weight excluding hydrogens is 330 g/mol. The number of aromatic nitrogens is 2. The van der Waals surface area contributed by atoms with Gasteiger partial charge in [0.2, 0.25) is 0 Å². The van der Waals surface area contributed by atoms with Crippen LogP contribution in [0.15, 0.2) is 35.2 Å². The third-order valence-electron chi connectivity index (χ3n) is 3.11. The lowest BCUT2D eigenvalue weighted by atomic mass is 10.1. The molecule has 2 rings (SSSR count). The number of benzene rings is 1. The van der Waals surface area contributed by atoms with Gasteiger partial charge in [0, 0.05) is 19.1 Å². The molecule has 0 fully saturated rings. The van der Waals surface area contributed by atoms with Gasteiger partial charge >= 0.3 is 0 Å². The average Bonchev–Trinajstić information content (AvgIpc) is 2.80. The standard InChI is InChI=1S/C16H22BrN3O/c1-16(2,3)19-8-12-5-6-15(14(17)7-12)21-10-13-9-18-11-20(13)4/h5-7,9,11,19H,8,10H2,1-4H3. The maximum absolute atomic E-state index is 5.83. The van der Waals surface area contributed by atoms with Gasteiger partial charge in [-0.05, 0) is 54.4 Å². The first-order chi connectivity index (χ1) is 9.85. The molecule has 0 atom stereocenters. The molecule has 0 aliphatic rings. The number of rotatable bonds is 5. The maximum atomic E-state index is 5.83. The number of nitrogens with zero attached hydrogens (tertiary/aromatic N) is 2. The van der Waals surface area contributed by atoms with Gasteiger partial charge in [-0.3, -0.25) is 0 Å².